The summed E-state index contributed by atoms with van der Waals surface area (Å²) in [5.41, 5.74) is -0.158. The number of nitrogens with zero attached hydrogens (tertiary/aromatic N) is 2. The van der Waals surface area contributed by atoms with Crippen molar-refractivity contribution < 1.29 is 23.8 Å². The highest BCUT2D eigenvalue weighted by Gasteiger charge is 2.34. The zero-order valence-electron chi connectivity index (χ0n) is 9.68. The van der Waals surface area contributed by atoms with Crippen molar-refractivity contribution in [3.63, 3.8) is 0 Å². The van der Waals surface area contributed by atoms with Gasteiger partial charge in [-0.3, -0.25) is 4.79 Å². The van der Waals surface area contributed by atoms with Crippen LogP contribution in [0.3, 0.4) is 0 Å². The Balaban J connectivity index is 2.31. The monoisotopic (exact) mass is 288 g/mol. The molecule has 1 saturated heterocycles. The van der Waals surface area contributed by atoms with Gasteiger partial charge in [0.05, 0.1) is 25.0 Å². The molecule has 1 fully saturated rings. The quantitative estimate of drug-likeness (QED) is 0.814. The van der Waals surface area contributed by atoms with Crippen LogP contribution in [0.1, 0.15) is 10.4 Å². The van der Waals surface area contributed by atoms with Gasteiger partial charge in [0.2, 0.25) is 0 Å². The highest BCUT2D eigenvalue weighted by Crippen LogP contribution is 2.19. The molecule has 1 aliphatic heterocycles. The van der Waals surface area contributed by atoms with Crippen molar-refractivity contribution in [1.29, 1.82) is 0 Å². The molecule has 0 bridgehead atoms. The van der Waals surface area contributed by atoms with E-state index in [9.17, 15) is 14.0 Å². The van der Waals surface area contributed by atoms with Crippen LogP contribution in [-0.4, -0.2) is 52.7 Å². The number of carboxylic acids is 1. The summed E-state index contributed by atoms with van der Waals surface area (Å²) < 4.78 is 18.1. The summed E-state index contributed by atoms with van der Waals surface area (Å²) in [7, 11) is 0. The first-order valence-corrected chi connectivity index (χ1v) is 5.81. The molecular weight excluding hydrogens is 279 g/mol. The van der Waals surface area contributed by atoms with Gasteiger partial charge in [0.25, 0.3) is 5.91 Å². The van der Waals surface area contributed by atoms with Crippen LogP contribution in [0, 0.1) is 5.82 Å². The van der Waals surface area contributed by atoms with Gasteiger partial charge in [0.15, 0.2) is 6.04 Å². The fourth-order valence-electron chi connectivity index (χ4n) is 1.78. The lowest BCUT2D eigenvalue weighted by molar-refractivity contribution is -0.147. The van der Waals surface area contributed by atoms with Crippen LogP contribution in [-0.2, 0) is 9.53 Å². The molecule has 6 nitrogen and oxygen atoms in total. The lowest BCUT2D eigenvalue weighted by Crippen LogP contribution is -2.52. The summed E-state index contributed by atoms with van der Waals surface area (Å²) in [4.78, 5) is 27.9. The molecule has 1 amide bonds. The number of carbonyl (C=O) groups is 2. The third-order valence-electron chi connectivity index (χ3n) is 2.71. The lowest BCUT2D eigenvalue weighted by Gasteiger charge is -2.32. The van der Waals surface area contributed by atoms with Crippen molar-refractivity contribution in [3.05, 3.63) is 28.8 Å². The van der Waals surface area contributed by atoms with Crippen molar-refractivity contribution in [2.24, 2.45) is 0 Å². The molecular formula is C11H10ClFN2O4. The minimum atomic E-state index is -1.19. The third-order valence-corrected chi connectivity index (χ3v) is 3.01. The Labute approximate surface area is 112 Å². The van der Waals surface area contributed by atoms with E-state index in [1.807, 2.05) is 0 Å². The van der Waals surface area contributed by atoms with E-state index in [0.717, 1.165) is 17.2 Å². The van der Waals surface area contributed by atoms with Crippen molar-refractivity contribution in [2.45, 2.75) is 6.04 Å². The Morgan fingerprint density at radius 3 is 3.00 bits per heavy atom. The van der Waals surface area contributed by atoms with Gasteiger partial charge in [-0.25, -0.2) is 14.2 Å². The van der Waals surface area contributed by atoms with E-state index in [-0.39, 0.29) is 30.5 Å². The first kappa shape index (κ1) is 13.7. The van der Waals surface area contributed by atoms with Crippen molar-refractivity contribution >= 4 is 23.5 Å². The normalized spacial score (nSPS) is 19.3. The molecule has 0 aromatic carbocycles. The third kappa shape index (κ3) is 2.82. The molecule has 1 aromatic rings. The molecule has 0 saturated carbocycles. The van der Waals surface area contributed by atoms with Crippen LogP contribution in [0.2, 0.25) is 5.15 Å². The summed E-state index contributed by atoms with van der Waals surface area (Å²) in [5.74, 6) is -2.57. The summed E-state index contributed by atoms with van der Waals surface area (Å²) in [5, 5.41) is 8.87. The van der Waals surface area contributed by atoms with Gasteiger partial charge in [-0.05, 0) is 6.07 Å². The van der Waals surface area contributed by atoms with Gasteiger partial charge in [0.1, 0.15) is 11.0 Å². The number of aromatic nitrogens is 1. The van der Waals surface area contributed by atoms with E-state index in [2.05, 4.69) is 4.98 Å². The second-order valence-corrected chi connectivity index (χ2v) is 4.28. The predicted octanol–water partition coefficient (Wildman–Crippen LogP) is 0.800. The maximum absolute atomic E-state index is 13.1. The van der Waals surface area contributed by atoms with Crippen LogP contribution < -0.4 is 0 Å². The van der Waals surface area contributed by atoms with Gasteiger partial charge in [-0.15, -0.1) is 0 Å². The highest BCUT2D eigenvalue weighted by molar-refractivity contribution is 6.32. The van der Waals surface area contributed by atoms with E-state index in [0.29, 0.717) is 0 Å². The number of halogens is 2. The van der Waals surface area contributed by atoms with Crippen LogP contribution in [0.25, 0.3) is 0 Å². The smallest absolute Gasteiger partial charge is 0.328 e. The predicted molar refractivity (Wildman–Crippen MR) is 62.5 cm³/mol. The van der Waals surface area contributed by atoms with E-state index in [1.54, 1.807) is 0 Å². The number of aliphatic carboxylic acids is 1. The van der Waals surface area contributed by atoms with Gasteiger partial charge in [-0.2, -0.15) is 0 Å². The Bertz CT molecular complexity index is 525. The van der Waals surface area contributed by atoms with Crippen molar-refractivity contribution in [1.82, 2.24) is 9.88 Å². The van der Waals surface area contributed by atoms with E-state index < -0.39 is 23.7 Å². The zero-order chi connectivity index (χ0) is 14.0. The number of carboxylic acid groups (broad SMARTS) is 1. The largest absolute Gasteiger partial charge is 0.480 e. The summed E-state index contributed by atoms with van der Waals surface area (Å²) in [6.07, 6.45) is 0.882. The Morgan fingerprint density at radius 1 is 1.58 bits per heavy atom. The number of amides is 1. The number of rotatable bonds is 2. The molecule has 8 heteroatoms. The summed E-state index contributed by atoms with van der Waals surface area (Å²) in [6, 6.07) is -0.174. The van der Waals surface area contributed by atoms with E-state index >= 15 is 0 Å². The Kier molecular flexibility index (Phi) is 3.96. The zero-order valence-corrected chi connectivity index (χ0v) is 10.4. The molecule has 0 aliphatic carbocycles. The molecule has 1 aliphatic rings. The van der Waals surface area contributed by atoms with E-state index in [4.69, 9.17) is 21.4 Å². The van der Waals surface area contributed by atoms with Crippen molar-refractivity contribution in [2.75, 3.05) is 19.8 Å². The van der Waals surface area contributed by atoms with Gasteiger partial charge in [0, 0.05) is 6.54 Å². The number of morpholine rings is 1. The van der Waals surface area contributed by atoms with E-state index in [1.165, 1.54) is 0 Å². The SMILES string of the molecule is O=C(O)C1COCCN1C(=O)c1cc(F)cnc1Cl. The average Bonchev–Trinajstić information content (AvgIpc) is 2.40. The number of hydrogen-bond acceptors (Lipinski definition) is 4. The fourth-order valence-corrected chi connectivity index (χ4v) is 1.96. The van der Waals surface area contributed by atoms with Gasteiger partial charge >= 0.3 is 5.97 Å². The summed E-state index contributed by atoms with van der Waals surface area (Å²) in [6.45, 7) is 0.208. The topological polar surface area (TPSA) is 79.7 Å². The summed E-state index contributed by atoms with van der Waals surface area (Å²) >= 11 is 5.73. The second-order valence-electron chi connectivity index (χ2n) is 3.92. The van der Waals surface area contributed by atoms with Crippen LogP contribution in [0.15, 0.2) is 12.3 Å². The minimum Gasteiger partial charge on any atom is -0.480 e. The lowest BCUT2D eigenvalue weighted by atomic mass is 10.1. The molecule has 102 valence electrons. The molecule has 0 spiro atoms. The van der Waals surface area contributed by atoms with Crippen LogP contribution in [0.4, 0.5) is 4.39 Å². The van der Waals surface area contributed by atoms with Gasteiger partial charge in [-0.1, -0.05) is 11.6 Å². The first-order valence-electron chi connectivity index (χ1n) is 5.43. The van der Waals surface area contributed by atoms with Crippen molar-refractivity contribution in [3.8, 4) is 0 Å². The molecule has 1 aromatic heterocycles. The second kappa shape index (κ2) is 5.50. The minimum absolute atomic E-state index is 0.0998. The molecule has 0 radical (unpaired) electrons. The maximum atomic E-state index is 13.1. The highest BCUT2D eigenvalue weighted by atomic mass is 35.5. The maximum Gasteiger partial charge on any atom is 0.328 e. The first-order chi connectivity index (χ1) is 9.00. The number of ether oxygens (including phenoxy) is 1. The standard InChI is InChI=1S/C11H10ClFN2O4/c12-9-7(3-6(13)4-14-9)10(16)15-1-2-19-5-8(15)11(17)18/h3-4,8H,1-2,5H2,(H,17,18). The Morgan fingerprint density at radius 2 is 2.32 bits per heavy atom. The molecule has 2 rings (SSSR count). The molecule has 2 heterocycles. The molecule has 1 N–H and O–H groups in total. The number of hydrogen-bond donors (Lipinski definition) is 1. The van der Waals surface area contributed by atoms with Crippen LogP contribution >= 0.6 is 11.6 Å². The number of pyridine rings is 1. The number of carbonyl (C=O) groups excluding carboxylic acids is 1. The average molecular weight is 289 g/mol. The van der Waals surface area contributed by atoms with Crippen LogP contribution in [0.5, 0.6) is 0 Å². The van der Waals surface area contributed by atoms with Gasteiger partial charge < -0.3 is 14.7 Å². The Hall–Kier alpha value is -1.73. The fraction of sp³-hybridized carbons (Fsp3) is 0.364. The molecule has 19 heavy (non-hydrogen) atoms. The molecule has 1 unspecified atom stereocenters. The molecule has 1 atom stereocenters.